The first-order chi connectivity index (χ1) is 12.6. The zero-order valence-electron chi connectivity index (χ0n) is 15.6. The molecule has 2 amide bonds. The number of benzene rings is 1. The third kappa shape index (κ3) is 5.81. The molecule has 1 aromatic rings. The Morgan fingerprint density at radius 1 is 1.12 bits per heavy atom. The van der Waals surface area contributed by atoms with Crippen LogP contribution in [0.1, 0.15) is 25.3 Å². The Balaban J connectivity index is 1.33. The van der Waals surface area contributed by atoms with Gasteiger partial charge in [0.1, 0.15) is 0 Å². The van der Waals surface area contributed by atoms with Crippen molar-refractivity contribution in [2.75, 3.05) is 39.3 Å². The lowest BCUT2D eigenvalue weighted by molar-refractivity contribution is -0.127. The molecular formula is C20H30N4O2. The van der Waals surface area contributed by atoms with Crippen LogP contribution < -0.4 is 10.6 Å². The van der Waals surface area contributed by atoms with Gasteiger partial charge in [0.05, 0.1) is 12.6 Å². The van der Waals surface area contributed by atoms with Gasteiger partial charge < -0.3 is 10.6 Å². The molecule has 1 saturated carbocycles. The first-order valence-electron chi connectivity index (χ1n) is 9.69. The summed E-state index contributed by atoms with van der Waals surface area (Å²) >= 11 is 0. The van der Waals surface area contributed by atoms with Gasteiger partial charge in [0, 0.05) is 38.8 Å². The van der Waals surface area contributed by atoms with E-state index >= 15 is 0 Å². The van der Waals surface area contributed by atoms with E-state index in [1.807, 2.05) is 25.1 Å². The minimum Gasteiger partial charge on any atom is -0.354 e. The minimum absolute atomic E-state index is 0.0841. The van der Waals surface area contributed by atoms with Crippen molar-refractivity contribution >= 4 is 11.8 Å². The van der Waals surface area contributed by atoms with Crippen molar-refractivity contribution in [2.24, 2.45) is 0 Å². The number of carbonyl (C=O) groups excluding carboxylic acids is 2. The Morgan fingerprint density at radius 3 is 2.46 bits per heavy atom. The maximum Gasteiger partial charge on any atom is 0.237 e. The second kappa shape index (κ2) is 9.14. The molecule has 1 atom stereocenters. The van der Waals surface area contributed by atoms with Crippen molar-refractivity contribution < 1.29 is 9.59 Å². The van der Waals surface area contributed by atoms with E-state index in [2.05, 4.69) is 32.6 Å². The zero-order chi connectivity index (χ0) is 18.4. The molecule has 0 aromatic heterocycles. The summed E-state index contributed by atoms with van der Waals surface area (Å²) in [5.41, 5.74) is 1.23. The van der Waals surface area contributed by atoms with E-state index in [9.17, 15) is 9.59 Å². The second-order valence-corrected chi connectivity index (χ2v) is 7.36. The van der Waals surface area contributed by atoms with E-state index in [4.69, 9.17) is 0 Å². The average molecular weight is 358 g/mol. The van der Waals surface area contributed by atoms with Crippen LogP contribution in [0.2, 0.25) is 0 Å². The fourth-order valence-electron chi connectivity index (χ4n) is 3.30. The summed E-state index contributed by atoms with van der Waals surface area (Å²) < 4.78 is 0. The lowest BCUT2D eigenvalue weighted by atomic mass is 10.1. The highest BCUT2D eigenvalue weighted by Gasteiger charge is 2.28. The smallest absolute Gasteiger partial charge is 0.237 e. The van der Waals surface area contributed by atoms with Crippen LogP contribution in [0.3, 0.4) is 0 Å². The fraction of sp³-hybridized carbons (Fsp3) is 0.600. The van der Waals surface area contributed by atoms with Crippen LogP contribution in [-0.2, 0) is 16.0 Å². The number of piperazine rings is 1. The number of hydrogen-bond donors (Lipinski definition) is 2. The van der Waals surface area contributed by atoms with Crippen LogP contribution in [0.5, 0.6) is 0 Å². The summed E-state index contributed by atoms with van der Waals surface area (Å²) in [6.45, 7) is 6.41. The van der Waals surface area contributed by atoms with Gasteiger partial charge in [-0.15, -0.1) is 0 Å². The SMILES string of the molecule is C[C@@H](C(=O)NCCc1ccccc1)N1CCN(CC(=O)NC2CC2)CC1. The number of nitrogens with zero attached hydrogens (tertiary/aromatic N) is 2. The molecule has 6 heteroatoms. The summed E-state index contributed by atoms with van der Waals surface area (Å²) in [7, 11) is 0. The van der Waals surface area contributed by atoms with Crippen molar-refractivity contribution in [1.82, 2.24) is 20.4 Å². The molecule has 6 nitrogen and oxygen atoms in total. The predicted octanol–water partition coefficient (Wildman–Crippen LogP) is 0.630. The van der Waals surface area contributed by atoms with Crippen molar-refractivity contribution in [3.8, 4) is 0 Å². The van der Waals surface area contributed by atoms with Gasteiger partial charge >= 0.3 is 0 Å². The molecule has 0 radical (unpaired) electrons. The molecule has 1 aliphatic heterocycles. The predicted molar refractivity (Wildman–Crippen MR) is 102 cm³/mol. The molecular weight excluding hydrogens is 328 g/mol. The van der Waals surface area contributed by atoms with E-state index in [1.165, 1.54) is 5.56 Å². The van der Waals surface area contributed by atoms with Crippen LogP contribution >= 0.6 is 0 Å². The molecule has 3 rings (SSSR count). The van der Waals surface area contributed by atoms with Crippen LogP contribution in [0.25, 0.3) is 0 Å². The molecule has 2 fully saturated rings. The molecule has 0 spiro atoms. The third-order valence-corrected chi connectivity index (χ3v) is 5.20. The maximum absolute atomic E-state index is 12.4. The van der Waals surface area contributed by atoms with Crippen molar-refractivity contribution in [2.45, 2.75) is 38.3 Å². The van der Waals surface area contributed by atoms with E-state index < -0.39 is 0 Å². The summed E-state index contributed by atoms with van der Waals surface area (Å²) in [6.07, 6.45) is 3.09. The summed E-state index contributed by atoms with van der Waals surface area (Å²) in [6, 6.07) is 10.5. The quantitative estimate of drug-likeness (QED) is 0.715. The van der Waals surface area contributed by atoms with Gasteiger partial charge in [-0.25, -0.2) is 0 Å². The molecule has 1 heterocycles. The van der Waals surface area contributed by atoms with Crippen LogP contribution in [0.4, 0.5) is 0 Å². The van der Waals surface area contributed by atoms with Gasteiger partial charge in [0.2, 0.25) is 11.8 Å². The normalized spacial score (nSPS) is 19.7. The van der Waals surface area contributed by atoms with E-state index in [0.717, 1.165) is 45.4 Å². The van der Waals surface area contributed by atoms with E-state index in [0.29, 0.717) is 19.1 Å². The molecule has 2 N–H and O–H groups in total. The second-order valence-electron chi connectivity index (χ2n) is 7.36. The monoisotopic (exact) mass is 358 g/mol. The molecule has 1 saturated heterocycles. The number of carbonyl (C=O) groups is 2. The van der Waals surface area contributed by atoms with Crippen LogP contribution in [-0.4, -0.2) is 73.0 Å². The lowest BCUT2D eigenvalue weighted by Crippen LogP contribution is -2.55. The van der Waals surface area contributed by atoms with Crippen LogP contribution in [0.15, 0.2) is 30.3 Å². The highest BCUT2D eigenvalue weighted by molar-refractivity contribution is 5.81. The first-order valence-corrected chi connectivity index (χ1v) is 9.69. The largest absolute Gasteiger partial charge is 0.354 e. The van der Waals surface area contributed by atoms with Gasteiger partial charge in [-0.1, -0.05) is 30.3 Å². The Bertz CT molecular complexity index is 595. The molecule has 0 unspecified atom stereocenters. The number of nitrogens with one attached hydrogen (secondary N) is 2. The molecule has 26 heavy (non-hydrogen) atoms. The van der Waals surface area contributed by atoms with Gasteiger partial charge in [0.15, 0.2) is 0 Å². The average Bonchev–Trinajstić information content (AvgIpc) is 3.46. The molecule has 1 aromatic carbocycles. The third-order valence-electron chi connectivity index (χ3n) is 5.20. The lowest BCUT2D eigenvalue weighted by Gasteiger charge is -2.37. The molecule has 0 bridgehead atoms. The van der Waals surface area contributed by atoms with E-state index in [1.54, 1.807) is 0 Å². The van der Waals surface area contributed by atoms with Gasteiger partial charge in [0.25, 0.3) is 0 Å². The molecule has 2 aliphatic rings. The molecule has 142 valence electrons. The topological polar surface area (TPSA) is 64.7 Å². The maximum atomic E-state index is 12.4. The summed E-state index contributed by atoms with van der Waals surface area (Å²) in [4.78, 5) is 28.7. The fourth-order valence-corrected chi connectivity index (χ4v) is 3.30. The number of amides is 2. The Kier molecular flexibility index (Phi) is 6.63. The minimum atomic E-state index is -0.131. The van der Waals surface area contributed by atoms with Crippen LogP contribution in [0, 0.1) is 0 Å². The van der Waals surface area contributed by atoms with Crippen molar-refractivity contribution in [1.29, 1.82) is 0 Å². The summed E-state index contributed by atoms with van der Waals surface area (Å²) in [5.74, 6) is 0.216. The molecule has 1 aliphatic carbocycles. The Labute approximate surface area is 155 Å². The van der Waals surface area contributed by atoms with Gasteiger partial charge in [-0.05, 0) is 31.7 Å². The van der Waals surface area contributed by atoms with E-state index in [-0.39, 0.29) is 17.9 Å². The zero-order valence-corrected chi connectivity index (χ0v) is 15.6. The summed E-state index contributed by atoms with van der Waals surface area (Å²) in [5, 5.41) is 6.07. The Hall–Kier alpha value is -1.92. The highest BCUT2D eigenvalue weighted by atomic mass is 16.2. The van der Waals surface area contributed by atoms with Gasteiger partial charge in [-0.2, -0.15) is 0 Å². The standard InChI is InChI=1S/C20H30N4O2/c1-16(20(26)21-10-9-17-5-3-2-4-6-17)24-13-11-23(12-14-24)15-19(25)22-18-7-8-18/h2-6,16,18H,7-15H2,1H3,(H,21,26)(H,22,25)/t16-/m0/s1. The number of rotatable bonds is 8. The van der Waals surface area contributed by atoms with Crippen molar-refractivity contribution in [3.05, 3.63) is 35.9 Å². The van der Waals surface area contributed by atoms with Gasteiger partial charge in [-0.3, -0.25) is 19.4 Å². The highest BCUT2D eigenvalue weighted by Crippen LogP contribution is 2.18. The van der Waals surface area contributed by atoms with Crippen molar-refractivity contribution in [3.63, 3.8) is 0 Å². The Morgan fingerprint density at radius 2 is 1.81 bits per heavy atom. The first kappa shape index (κ1) is 18.9. The number of hydrogen-bond acceptors (Lipinski definition) is 4.